The average Bonchev–Trinajstić information content (AvgIpc) is 2.82. The van der Waals surface area contributed by atoms with Crippen LogP contribution in [0.1, 0.15) is 41.5 Å². The van der Waals surface area contributed by atoms with Gasteiger partial charge in [-0.2, -0.15) is 0 Å². The van der Waals surface area contributed by atoms with Gasteiger partial charge in [0.1, 0.15) is 5.60 Å². The molecule has 0 fully saturated rings. The molecule has 0 aliphatic carbocycles. The second-order valence-corrected chi connectivity index (χ2v) is 11.1. The van der Waals surface area contributed by atoms with Crippen LogP contribution in [0.3, 0.4) is 0 Å². The van der Waals surface area contributed by atoms with E-state index >= 15 is 0 Å². The van der Waals surface area contributed by atoms with E-state index in [0.717, 1.165) is 23.9 Å². The van der Waals surface area contributed by atoms with Gasteiger partial charge < -0.3 is 9.16 Å². The molecular weight excluding hydrogens is 270 g/mol. The summed E-state index contributed by atoms with van der Waals surface area (Å²) in [7, 11) is -1.64. The number of ether oxygens (including phenoxy) is 1. The van der Waals surface area contributed by atoms with Gasteiger partial charge in [0.25, 0.3) is 0 Å². The molecule has 0 aromatic heterocycles. The van der Waals surface area contributed by atoms with Crippen LogP contribution in [-0.4, -0.2) is 38.0 Å². The molecule has 1 aliphatic heterocycles. The molecule has 0 spiro atoms. The maximum atomic E-state index is 12.0. The Bertz CT molecular complexity index is 362. The fourth-order valence-corrected chi connectivity index (χ4v) is 4.95. The second kappa shape index (κ2) is 6.65. The van der Waals surface area contributed by atoms with Crippen molar-refractivity contribution in [3.63, 3.8) is 0 Å². The molecule has 0 atom stereocenters. The first-order chi connectivity index (χ1) is 9.25. The minimum Gasteiger partial charge on any atom is -0.545 e. The lowest BCUT2D eigenvalue weighted by Crippen LogP contribution is -2.38. The molecule has 1 amide bonds. The van der Waals surface area contributed by atoms with E-state index in [1.54, 1.807) is 4.90 Å². The van der Waals surface area contributed by atoms with Gasteiger partial charge in [0.15, 0.2) is 0 Å². The largest absolute Gasteiger partial charge is 0.545 e. The van der Waals surface area contributed by atoms with E-state index in [1.807, 2.05) is 26.8 Å². The molecule has 0 aromatic rings. The van der Waals surface area contributed by atoms with Crippen LogP contribution in [0.15, 0.2) is 11.8 Å². The van der Waals surface area contributed by atoms with Crippen molar-refractivity contribution >= 4 is 14.4 Å². The van der Waals surface area contributed by atoms with Gasteiger partial charge in [0.2, 0.25) is 8.32 Å². The normalized spacial score (nSPS) is 16.1. The second-order valence-electron chi connectivity index (χ2n) is 6.38. The summed E-state index contributed by atoms with van der Waals surface area (Å²) >= 11 is 0. The molecule has 0 saturated heterocycles. The summed E-state index contributed by atoms with van der Waals surface area (Å²) in [4.78, 5) is 13.7. The van der Waals surface area contributed by atoms with Gasteiger partial charge in [-0.05, 0) is 45.0 Å². The Labute approximate surface area is 124 Å². The summed E-state index contributed by atoms with van der Waals surface area (Å²) in [6.45, 7) is 13.4. The minimum absolute atomic E-state index is 0.260. The molecule has 1 aliphatic rings. The van der Waals surface area contributed by atoms with E-state index in [-0.39, 0.29) is 6.09 Å². The molecule has 0 saturated carbocycles. The van der Waals surface area contributed by atoms with Crippen molar-refractivity contribution in [3.8, 4) is 0 Å². The Morgan fingerprint density at radius 3 is 2.25 bits per heavy atom. The number of hydrogen-bond donors (Lipinski definition) is 0. The molecule has 0 unspecified atom stereocenters. The van der Waals surface area contributed by atoms with Crippen LogP contribution in [0.4, 0.5) is 4.79 Å². The Balaban J connectivity index is 2.57. The highest BCUT2D eigenvalue weighted by Gasteiger charge is 2.34. The third kappa shape index (κ3) is 4.54. The lowest BCUT2D eigenvalue weighted by Gasteiger charge is -2.30. The van der Waals surface area contributed by atoms with E-state index in [0.29, 0.717) is 13.1 Å². The van der Waals surface area contributed by atoms with Crippen molar-refractivity contribution in [1.29, 1.82) is 0 Å². The Hall–Kier alpha value is -0.973. The number of rotatable bonds is 5. The van der Waals surface area contributed by atoms with Crippen molar-refractivity contribution in [2.75, 3.05) is 13.1 Å². The zero-order valence-electron chi connectivity index (χ0n) is 13.8. The highest BCUT2D eigenvalue weighted by atomic mass is 28.4. The Morgan fingerprint density at radius 1 is 1.25 bits per heavy atom. The number of hydrogen-bond acceptors (Lipinski definition) is 3. The van der Waals surface area contributed by atoms with Crippen LogP contribution in [0, 0.1) is 0 Å². The van der Waals surface area contributed by atoms with Gasteiger partial charge in [-0.1, -0.05) is 20.8 Å². The zero-order valence-corrected chi connectivity index (χ0v) is 14.8. The predicted molar refractivity (Wildman–Crippen MR) is 84.2 cm³/mol. The first kappa shape index (κ1) is 17.1. The molecule has 4 nitrogen and oxygen atoms in total. The van der Waals surface area contributed by atoms with Crippen molar-refractivity contribution in [1.82, 2.24) is 4.90 Å². The van der Waals surface area contributed by atoms with Crippen LogP contribution in [0.25, 0.3) is 0 Å². The summed E-state index contributed by atoms with van der Waals surface area (Å²) in [5.74, 6) is 0.952. The number of nitrogens with zero attached hydrogens (tertiary/aromatic N) is 1. The molecular formula is C15H29NO3Si. The highest BCUT2D eigenvalue weighted by Crippen LogP contribution is 2.27. The van der Waals surface area contributed by atoms with Crippen molar-refractivity contribution in [2.45, 2.75) is 65.3 Å². The van der Waals surface area contributed by atoms with Crippen LogP contribution < -0.4 is 0 Å². The quantitative estimate of drug-likeness (QED) is 0.716. The first-order valence-corrected chi connectivity index (χ1v) is 10.1. The zero-order chi connectivity index (χ0) is 15.4. The van der Waals surface area contributed by atoms with Crippen LogP contribution in [0.5, 0.6) is 0 Å². The van der Waals surface area contributed by atoms with E-state index in [1.165, 1.54) is 0 Å². The summed E-state index contributed by atoms with van der Waals surface area (Å²) in [6.07, 6.45) is 1.76. The number of carbonyl (C=O) groups excluding carboxylic acids is 1. The van der Waals surface area contributed by atoms with Gasteiger partial charge >= 0.3 is 6.09 Å². The van der Waals surface area contributed by atoms with Crippen LogP contribution in [-0.2, 0) is 9.16 Å². The molecule has 5 heteroatoms. The summed E-state index contributed by atoms with van der Waals surface area (Å²) in [6, 6.07) is 3.34. The summed E-state index contributed by atoms with van der Waals surface area (Å²) < 4.78 is 11.7. The third-order valence-electron chi connectivity index (χ3n) is 3.82. The maximum Gasteiger partial charge on any atom is 0.410 e. The number of carbonyl (C=O) groups is 1. The van der Waals surface area contributed by atoms with Gasteiger partial charge in [-0.15, -0.1) is 0 Å². The van der Waals surface area contributed by atoms with Crippen LogP contribution >= 0.6 is 0 Å². The summed E-state index contributed by atoms with van der Waals surface area (Å²) in [5, 5.41) is 0. The Kier molecular flexibility index (Phi) is 5.68. The summed E-state index contributed by atoms with van der Waals surface area (Å²) in [5.41, 5.74) is -0.449. The maximum absolute atomic E-state index is 12.0. The first-order valence-electron chi connectivity index (χ1n) is 7.61. The van der Waals surface area contributed by atoms with Crippen molar-refractivity contribution in [3.05, 3.63) is 11.8 Å². The van der Waals surface area contributed by atoms with E-state index < -0.39 is 13.9 Å². The standard InChI is InChI=1S/C15H29NO3Si/c1-7-20(8-2,9-3)19-13-10-11-16(12-13)14(17)18-15(4,5)6/h10H,7-9,11-12H2,1-6H3. The SMILES string of the molecule is CC[Si](CC)(CC)OC1=CCN(C(=O)OC(C)(C)C)C1. The molecule has 1 heterocycles. The lowest BCUT2D eigenvalue weighted by atomic mass is 10.2. The highest BCUT2D eigenvalue weighted by molar-refractivity contribution is 6.73. The topological polar surface area (TPSA) is 38.8 Å². The Morgan fingerprint density at radius 2 is 1.80 bits per heavy atom. The predicted octanol–water partition coefficient (Wildman–Crippen LogP) is 4.14. The van der Waals surface area contributed by atoms with Gasteiger partial charge in [-0.3, -0.25) is 4.90 Å². The molecule has 0 N–H and O–H groups in total. The average molecular weight is 299 g/mol. The minimum atomic E-state index is -1.64. The molecule has 20 heavy (non-hydrogen) atoms. The lowest BCUT2D eigenvalue weighted by molar-refractivity contribution is 0.0292. The smallest absolute Gasteiger partial charge is 0.410 e. The fraction of sp³-hybridized carbons (Fsp3) is 0.800. The number of amides is 1. The fourth-order valence-electron chi connectivity index (χ4n) is 2.31. The van der Waals surface area contributed by atoms with Gasteiger partial charge in [0.05, 0.1) is 12.3 Å². The van der Waals surface area contributed by atoms with Gasteiger partial charge in [0, 0.05) is 6.54 Å². The van der Waals surface area contributed by atoms with Gasteiger partial charge in [-0.25, -0.2) is 4.79 Å². The molecule has 116 valence electrons. The monoisotopic (exact) mass is 299 g/mol. The molecule has 0 aromatic carbocycles. The van der Waals surface area contributed by atoms with E-state index in [4.69, 9.17) is 9.16 Å². The molecule has 0 radical (unpaired) electrons. The van der Waals surface area contributed by atoms with Crippen molar-refractivity contribution in [2.24, 2.45) is 0 Å². The van der Waals surface area contributed by atoms with Crippen molar-refractivity contribution < 1.29 is 14.0 Å². The molecule has 1 rings (SSSR count). The van der Waals surface area contributed by atoms with Crippen LogP contribution in [0.2, 0.25) is 18.1 Å². The van der Waals surface area contributed by atoms with E-state index in [2.05, 4.69) is 20.8 Å². The third-order valence-corrected chi connectivity index (χ3v) is 8.38. The van der Waals surface area contributed by atoms with E-state index in [9.17, 15) is 4.79 Å². The molecule has 0 bridgehead atoms.